The molecular formula is C12H17ClN2O2. The van der Waals surface area contributed by atoms with Crippen molar-refractivity contribution >= 4 is 11.6 Å². The number of hydrogen-bond donors (Lipinski definition) is 0. The molecule has 0 aromatic carbocycles. The average Bonchev–Trinajstić information content (AvgIpc) is 2.25. The number of ether oxygens (including phenoxy) is 2. The van der Waals surface area contributed by atoms with Gasteiger partial charge in [-0.05, 0) is 13.8 Å². The minimum Gasteiger partial charge on any atom is -0.477 e. The maximum Gasteiger partial charge on any atom is 0.218 e. The fourth-order valence-electron chi connectivity index (χ4n) is 1.10. The molecule has 94 valence electrons. The quantitative estimate of drug-likeness (QED) is 0.556. The Bertz CT molecular complexity index is 383. The number of aromatic nitrogens is 2. The molecule has 0 atom stereocenters. The molecule has 1 rings (SSSR count). The van der Waals surface area contributed by atoms with Crippen molar-refractivity contribution in [2.45, 2.75) is 26.9 Å². The highest BCUT2D eigenvalue weighted by Crippen LogP contribution is 2.14. The largest absolute Gasteiger partial charge is 0.477 e. The molecule has 0 radical (unpaired) electrons. The summed E-state index contributed by atoms with van der Waals surface area (Å²) >= 11 is 5.87. The lowest BCUT2D eigenvalue weighted by molar-refractivity contribution is 0.127. The lowest BCUT2D eigenvalue weighted by atomic mass is 10.3. The zero-order valence-corrected chi connectivity index (χ0v) is 11.0. The lowest BCUT2D eigenvalue weighted by Crippen LogP contribution is -2.04. The van der Waals surface area contributed by atoms with Crippen molar-refractivity contribution in [2.75, 3.05) is 13.2 Å². The van der Waals surface area contributed by atoms with E-state index in [0.29, 0.717) is 36.7 Å². The van der Waals surface area contributed by atoms with E-state index in [2.05, 4.69) is 16.5 Å². The normalized spacial score (nSPS) is 10.3. The van der Waals surface area contributed by atoms with Crippen LogP contribution in [0, 0.1) is 0 Å². The Morgan fingerprint density at radius 2 is 2.24 bits per heavy atom. The van der Waals surface area contributed by atoms with E-state index < -0.39 is 0 Å². The second kappa shape index (κ2) is 7.25. The summed E-state index contributed by atoms with van der Waals surface area (Å²) in [4.78, 5) is 8.24. The second-order valence-electron chi connectivity index (χ2n) is 3.64. The summed E-state index contributed by atoms with van der Waals surface area (Å²) < 4.78 is 10.7. The number of hydrogen-bond acceptors (Lipinski definition) is 4. The highest BCUT2D eigenvalue weighted by atomic mass is 35.5. The standard InChI is InChI=1S/C12H17ClN2O2/c1-4-16-8-11-14-10(13)7-12(15-11)17-6-5-9(2)3/h7H,2,4-6,8H2,1,3H3. The monoisotopic (exact) mass is 256 g/mol. The highest BCUT2D eigenvalue weighted by Gasteiger charge is 2.04. The molecule has 0 aliphatic rings. The molecule has 1 aromatic rings. The zero-order chi connectivity index (χ0) is 12.7. The summed E-state index contributed by atoms with van der Waals surface area (Å²) in [5, 5.41) is 0.361. The molecule has 0 bridgehead atoms. The Hall–Kier alpha value is -1.13. The first kappa shape index (κ1) is 13.9. The van der Waals surface area contributed by atoms with Gasteiger partial charge < -0.3 is 9.47 Å². The molecule has 1 heterocycles. The van der Waals surface area contributed by atoms with Gasteiger partial charge in [-0.1, -0.05) is 17.2 Å². The summed E-state index contributed by atoms with van der Waals surface area (Å²) in [5.41, 5.74) is 1.07. The molecule has 0 N–H and O–H groups in total. The third-order valence-electron chi connectivity index (χ3n) is 1.93. The van der Waals surface area contributed by atoms with Crippen LogP contribution >= 0.6 is 11.6 Å². The molecule has 0 unspecified atom stereocenters. The van der Waals surface area contributed by atoms with Crippen LogP contribution in [-0.4, -0.2) is 23.2 Å². The van der Waals surface area contributed by atoms with E-state index in [0.717, 1.165) is 12.0 Å². The Morgan fingerprint density at radius 1 is 1.47 bits per heavy atom. The lowest BCUT2D eigenvalue weighted by Gasteiger charge is -2.07. The smallest absolute Gasteiger partial charge is 0.218 e. The van der Waals surface area contributed by atoms with E-state index in [1.807, 2.05) is 13.8 Å². The summed E-state index contributed by atoms with van der Waals surface area (Å²) in [6.07, 6.45) is 0.794. The molecule has 1 aromatic heterocycles. The van der Waals surface area contributed by atoms with E-state index in [1.54, 1.807) is 6.07 Å². The third kappa shape index (κ3) is 5.65. The first-order chi connectivity index (χ1) is 8.11. The molecule has 0 spiro atoms. The summed E-state index contributed by atoms with van der Waals surface area (Å²) in [7, 11) is 0. The predicted octanol–water partition coefficient (Wildman–Crippen LogP) is 3.01. The van der Waals surface area contributed by atoms with Crippen LogP contribution in [0.5, 0.6) is 5.88 Å². The molecule has 0 fully saturated rings. The van der Waals surface area contributed by atoms with E-state index in [4.69, 9.17) is 21.1 Å². The predicted molar refractivity (Wildman–Crippen MR) is 67.3 cm³/mol. The molecule has 0 saturated carbocycles. The van der Waals surface area contributed by atoms with Crippen molar-refractivity contribution in [3.8, 4) is 5.88 Å². The molecule has 0 aliphatic heterocycles. The van der Waals surface area contributed by atoms with Gasteiger partial charge in [0.1, 0.15) is 11.8 Å². The number of halogens is 1. The fourth-order valence-corrected chi connectivity index (χ4v) is 1.29. The van der Waals surface area contributed by atoms with E-state index >= 15 is 0 Å². The highest BCUT2D eigenvalue weighted by molar-refractivity contribution is 6.29. The topological polar surface area (TPSA) is 44.2 Å². The summed E-state index contributed by atoms with van der Waals surface area (Å²) in [5.74, 6) is 1.01. The average molecular weight is 257 g/mol. The molecule has 4 nitrogen and oxygen atoms in total. The van der Waals surface area contributed by atoms with Crippen LogP contribution in [0.2, 0.25) is 5.15 Å². The van der Waals surface area contributed by atoms with Gasteiger partial charge in [-0.2, -0.15) is 4.98 Å². The maximum absolute atomic E-state index is 5.87. The van der Waals surface area contributed by atoms with E-state index in [-0.39, 0.29) is 0 Å². The second-order valence-corrected chi connectivity index (χ2v) is 4.03. The first-order valence-corrected chi connectivity index (χ1v) is 5.88. The van der Waals surface area contributed by atoms with Crippen molar-refractivity contribution in [1.82, 2.24) is 9.97 Å². The molecule has 0 aliphatic carbocycles. The zero-order valence-electron chi connectivity index (χ0n) is 10.2. The molecular weight excluding hydrogens is 240 g/mol. The summed E-state index contributed by atoms with van der Waals surface area (Å²) in [6.45, 7) is 9.16. The van der Waals surface area contributed by atoms with Crippen LogP contribution in [0.25, 0.3) is 0 Å². The Balaban J connectivity index is 2.58. The molecule has 0 amide bonds. The van der Waals surface area contributed by atoms with Crippen LogP contribution in [0.4, 0.5) is 0 Å². The minimum absolute atomic E-state index is 0.341. The van der Waals surface area contributed by atoms with Gasteiger partial charge in [-0.25, -0.2) is 4.98 Å². The Labute approximate surface area is 107 Å². The number of rotatable bonds is 7. The van der Waals surface area contributed by atoms with Crippen molar-refractivity contribution in [2.24, 2.45) is 0 Å². The minimum atomic E-state index is 0.341. The van der Waals surface area contributed by atoms with Gasteiger partial charge >= 0.3 is 0 Å². The van der Waals surface area contributed by atoms with Crippen molar-refractivity contribution in [3.63, 3.8) is 0 Å². The van der Waals surface area contributed by atoms with Gasteiger partial charge in [-0.3, -0.25) is 0 Å². The SMILES string of the molecule is C=C(C)CCOc1cc(Cl)nc(COCC)n1. The van der Waals surface area contributed by atoms with E-state index in [1.165, 1.54) is 0 Å². The first-order valence-electron chi connectivity index (χ1n) is 5.50. The van der Waals surface area contributed by atoms with Crippen LogP contribution in [0.3, 0.4) is 0 Å². The van der Waals surface area contributed by atoms with Crippen LogP contribution < -0.4 is 4.74 Å². The summed E-state index contributed by atoms with van der Waals surface area (Å²) in [6, 6.07) is 1.59. The van der Waals surface area contributed by atoms with Gasteiger partial charge in [0, 0.05) is 19.1 Å². The van der Waals surface area contributed by atoms with Crippen LogP contribution in [0.1, 0.15) is 26.1 Å². The van der Waals surface area contributed by atoms with Gasteiger partial charge in [0.05, 0.1) is 6.61 Å². The van der Waals surface area contributed by atoms with Crippen molar-refractivity contribution in [3.05, 3.63) is 29.2 Å². The molecule has 0 saturated heterocycles. The third-order valence-corrected chi connectivity index (χ3v) is 2.13. The van der Waals surface area contributed by atoms with E-state index in [9.17, 15) is 0 Å². The van der Waals surface area contributed by atoms with Gasteiger partial charge in [0.25, 0.3) is 0 Å². The molecule has 5 heteroatoms. The fraction of sp³-hybridized carbons (Fsp3) is 0.500. The van der Waals surface area contributed by atoms with Gasteiger partial charge in [-0.15, -0.1) is 6.58 Å². The maximum atomic E-state index is 5.87. The van der Waals surface area contributed by atoms with Crippen LogP contribution in [0.15, 0.2) is 18.2 Å². The Morgan fingerprint density at radius 3 is 2.88 bits per heavy atom. The van der Waals surface area contributed by atoms with Crippen molar-refractivity contribution < 1.29 is 9.47 Å². The van der Waals surface area contributed by atoms with Crippen LogP contribution in [-0.2, 0) is 11.3 Å². The van der Waals surface area contributed by atoms with Gasteiger partial charge in [0.2, 0.25) is 5.88 Å². The van der Waals surface area contributed by atoms with Crippen molar-refractivity contribution in [1.29, 1.82) is 0 Å². The number of nitrogens with zero attached hydrogens (tertiary/aromatic N) is 2. The van der Waals surface area contributed by atoms with Gasteiger partial charge in [0.15, 0.2) is 5.82 Å². The molecule has 17 heavy (non-hydrogen) atoms. The Kier molecular flexibility index (Phi) is 5.94.